The van der Waals surface area contributed by atoms with Gasteiger partial charge in [-0.1, -0.05) is 18.2 Å². The zero-order valence-corrected chi connectivity index (χ0v) is 9.19. The number of esters is 1. The fraction of sp³-hybridized carbons (Fsp3) is 0.462. The molecule has 1 fully saturated rings. The van der Waals surface area contributed by atoms with Crippen molar-refractivity contribution in [1.82, 2.24) is 0 Å². The van der Waals surface area contributed by atoms with Gasteiger partial charge in [-0.25, -0.2) is 0 Å². The summed E-state index contributed by atoms with van der Waals surface area (Å²) in [7, 11) is 0. The van der Waals surface area contributed by atoms with E-state index in [-0.39, 0.29) is 24.2 Å². The molecule has 2 rings (SSSR count). The third-order valence-corrected chi connectivity index (χ3v) is 2.93. The minimum absolute atomic E-state index is 0.0957. The van der Waals surface area contributed by atoms with E-state index in [1.54, 1.807) is 24.3 Å². The third-order valence-electron chi connectivity index (χ3n) is 2.93. The summed E-state index contributed by atoms with van der Waals surface area (Å²) in [6.07, 6.45) is 4.50. The molecule has 1 N–H and O–H groups in total. The van der Waals surface area contributed by atoms with Crippen molar-refractivity contribution in [3.63, 3.8) is 0 Å². The number of hydrogen-bond donors (Lipinski definition) is 1. The van der Waals surface area contributed by atoms with Crippen molar-refractivity contribution in [3.8, 4) is 5.75 Å². The average Bonchev–Trinajstić information content (AvgIpc) is 2.74. The molecule has 3 nitrogen and oxygen atoms in total. The molecule has 0 saturated heterocycles. The van der Waals surface area contributed by atoms with E-state index in [4.69, 9.17) is 4.74 Å². The molecule has 0 spiro atoms. The van der Waals surface area contributed by atoms with Crippen molar-refractivity contribution < 1.29 is 14.6 Å². The Labute approximate surface area is 95.0 Å². The van der Waals surface area contributed by atoms with Gasteiger partial charge in [0.2, 0.25) is 0 Å². The molecular weight excluding hydrogens is 204 g/mol. The number of phenolic OH excluding ortho intramolecular Hbond substituents is 1. The molecule has 0 bridgehead atoms. The second-order valence-electron chi connectivity index (χ2n) is 4.20. The largest absolute Gasteiger partial charge is 0.508 e. The van der Waals surface area contributed by atoms with Gasteiger partial charge in [-0.05, 0) is 31.7 Å². The summed E-state index contributed by atoms with van der Waals surface area (Å²) in [6, 6.07) is 6.86. The zero-order chi connectivity index (χ0) is 11.4. The highest BCUT2D eigenvalue weighted by molar-refractivity contribution is 5.73. The Balaban J connectivity index is 1.89. The van der Waals surface area contributed by atoms with Gasteiger partial charge in [0.05, 0.1) is 6.42 Å². The molecule has 1 aromatic rings. The van der Waals surface area contributed by atoms with E-state index >= 15 is 0 Å². The van der Waals surface area contributed by atoms with Crippen LogP contribution in [0.25, 0.3) is 0 Å². The molecule has 0 aliphatic heterocycles. The quantitative estimate of drug-likeness (QED) is 0.796. The maximum absolute atomic E-state index is 11.6. The normalized spacial score (nSPS) is 16.2. The molecule has 0 unspecified atom stereocenters. The van der Waals surface area contributed by atoms with E-state index in [0.717, 1.165) is 25.7 Å². The lowest BCUT2D eigenvalue weighted by atomic mass is 10.1. The number of para-hydroxylation sites is 1. The lowest BCUT2D eigenvalue weighted by Gasteiger charge is -2.11. The van der Waals surface area contributed by atoms with Gasteiger partial charge in [0, 0.05) is 5.56 Å². The molecule has 0 aromatic heterocycles. The summed E-state index contributed by atoms with van der Waals surface area (Å²) < 4.78 is 5.32. The number of hydrogen-bond acceptors (Lipinski definition) is 3. The second kappa shape index (κ2) is 5.01. The van der Waals surface area contributed by atoms with Gasteiger partial charge in [-0.2, -0.15) is 0 Å². The highest BCUT2D eigenvalue weighted by Gasteiger charge is 2.19. The average molecular weight is 220 g/mol. The Morgan fingerprint density at radius 2 is 2.00 bits per heavy atom. The van der Waals surface area contributed by atoms with E-state index in [9.17, 15) is 9.90 Å². The molecule has 1 aliphatic carbocycles. The lowest BCUT2D eigenvalue weighted by molar-refractivity contribution is -0.147. The maximum Gasteiger partial charge on any atom is 0.310 e. The van der Waals surface area contributed by atoms with Crippen LogP contribution in [0.15, 0.2) is 24.3 Å². The van der Waals surface area contributed by atoms with E-state index in [1.165, 1.54) is 0 Å². The van der Waals surface area contributed by atoms with Crippen molar-refractivity contribution in [2.24, 2.45) is 0 Å². The molecule has 1 aromatic carbocycles. The number of ether oxygens (including phenoxy) is 1. The highest BCUT2D eigenvalue weighted by Crippen LogP contribution is 2.22. The summed E-state index contributed by atoms with van der Waals surface area (Å²) in [6.45, 7) is 0. The Morgan fingerprint density at radius 3 is 2.69 bits per heavy atom. The summed E-state index contributed by atoms with van der Waals surface area (Å²) in [5, 5.41) is 9.51. The van der Waals surface area contributed by atoms with E-state index < -0.39 is 0 Å². The lowest BCUT2D eigenvalue weighted by Crippen LogP contribution is -2.16. The zero-order valence-electron chi connectivity index (χ0n) is 9.19. The number of aromatic hydroxyl groups is 1. The standard InChI is InChI=1S/C13H16O3/c14-12-8-4-1-5-10(12)9-13(15)16-11-6-2-3-7-11/h1,4-5,8,11,14H,2-3,6-7,9H2. The SMILES string of the molecule is O=C(Cc1ccccc1O)OC1CCCC1. The van der Waals surface area contributed by atoms with E-state index in [1.807, 2.05) is 0 Å². The van der Waals surface area contributed by atoms with Crippen LogP contribution < -0.4 is 0 Å². The van der Waals surface area contributed by atoms with E-state index in [2.05, 4.69) is 0 Å². The monoisotopic (exact) mass is 220 g/mol. The first-order valence-electron chi connectivity index (χ1n) is 5.72. The van der Waals surface area contributed by atoms with Gasteiger partial charge >= 0.3 is 5.97 Å². The van der Waals surface area contributed by atoms with Crippen molar-refractivity contribution in [1.29, 1.82) is 0 Å². The van der Waals surface area contributed by atoms with Crippen LogP contribution in [0.4, 0.5) is 0 Å². The van der Waals surface area contributed by atoms with Gasteiger partial charge in [0.15, 0.2) is 0 Å². The second-order valence-corrected chi connectivity index (χ2v) is 4.20. The number of rotatable bonds is 3. The first-order valence-corrected chi connectivity index (χ1v) is 5.72. The van der Waals surface area contributed by atoms with Gasteiger partial charge in [-0.15, -0.1) is 0 Å². The number of phenols is 1. The van der Waals surface area contributed by atoms with Crippen LogP contribution in [0.3, 0.4) is 0 Å². The van der Waals surface area contributed by atoms with E-state index in [0.29, 0.717) is 5.56 Å². The molecular formula is C13H16O3. The van der Waals surface area contributed by atoms with Crippen LogP contribution in [0.5, 0.6) is 5.75 Å². The predicted molar refractivity (Wildman–Crippen MR) is 60.2 cm³/mol. The minimum atomic E-state index is -0.242. The number of benzene rings is 1. The van der Waals surface area contributed by atoms with Crippen LogP contribution in [-0.2, 0) is 16.0 Å². The van der Waals surface area contributed by atoms with Crippen LogP contribution in [-0.4, -0.2) is 17.2 Å². The molecule has 0 heterocycles. The first-order chi connectivity index (χ1) is 7.75. The van der Waals surface area contributed by atoms with Crippen LogP contribution in [0.2, 0.25) is 0 Å². The van der Waals surface area contributed by atoms with Crippen LogP contribution in [0, 0.1) is 0 Å². The Hall–Kier alpha value is -1.51. The molecule has 3 heteroatoms. The highest BCUT2D eigenvalue weighted by atomic mass is 16.5. The van der Waals surface area contributed by atoms with Crippen LogP contribution in [0.1, 0.15) is 31.2 Å². The van der Waals surface area contributed by atoms with Gasteiger partial charge < -0.3 is 9.84 Å². The molecule has 0 atom stereocenters. The summed E-state index contributed by atoms with van der Waals surface area (Å²) in [5.74, 6) is -0.0840. The van der Waals surface area contributed by atoms with Crippen LogP contribution >= 0.6 is 0 Å². The Kier molecular flexibility index (Phi) is 3.44. The smallest absolute Gasteiger partial charge is 0.310 e. The summed E-state index contributed by atoms with van der Waals surface area (Å²) in [5.41, 5.74) is 0.630. The predicted octanol–water partition coefficient (Wildman–Crippen LogP) is 2.42. The summed E-state index contributed by atoms with van der Waals surface area (Å²) >= 11 is 0. The first kappa shape index (κ1) is 11.0. The molecule has 86 valence electrons. The molecule has 16 heavy (non-hydrogen) atoms. The maximum atomic E-state index is 11.6. The van der Waals surface area contributed by atoms with Crippen molar-refractivity contribution in [2.45, 2.75) is 38.2 Å². The summed E-state index contributed by atoms with van der Waals surface area (Å²) in [4.78, 5) is 11.6. The van der Waals surface area contributed by atoms with Crippen molar-refractivity contribution in [3.05, 3.63) is 29.8 Å². The van der Waals surface area contributed by atoms with Gasteiger partial charge in [0.1, 0.15) is 11.9 Å². The minimum Gasteiger partial charge on any atom is -0.508 e. The Bertz CT molecular complexity index is 367. The fourth-order valence-corrected chi connectivity index (χ4v) is 2.05. The van der Waals surface area contributed by atoms with Crippen molar-refractivity contribution in [2.75, 3.05) is 0 Å². The molecule has 1 aliphatic rings. The Morgan fingerprint density at radius 1 is 1.31 bits per heavy atom. The molecule has 0 amide bonds. The molecule has 0 radical (unpaired) electrons. The van der Waals surface area contributed by atoms with Gasteiger partial charge in [-0.3, -0.25) is 4.79 Å². The topological polar surface area (TPSA) is 46.5 Å². The van der Waals surface area contributed by atoms with Gasteiger partial charge in [0.25, 0.3) is 0 Å². The number of carbonyl (C=O) groups is 1. The molecule has 1 saturated carbocycles. The third kappa shape index (κ3) is 2.75. The fourth-order valence-electron chi connectivity index (χ4n) is 2.05. The van der Waals surface area contributed by atoms with Crippen molar-refractivity contribution >= 4 is 5.97 Å². The number of carbonyl (C=O) groups excluding carboxylic acids is 1.